The number of piperidine rings is 1. The highest BCUT2D eigenvalue weighted by Gasteiger charge is 2.27. The van der Waals surface area contributed by atoms with Crippen molar-refractivity contribution in [3.8, 4) is 0 Å². The average Bonchev–Trinajstić information content (AvgIpc) is 2.67. The Bertz CT molecular complexity index is 498. The van der Waals surface area contributed by atoms with Crippen LogP contribution in [0.25, 0.3) is 0 Å². The molecule has 2 rings (SSSR count). The standard InChI is InChI=1S/C13H17ClN2O3/c1-15-8-10(14)6-11(15)13(19)16-4-2-3-9(7-16)5-12(17)18/h6,8-9H,2-5,7H2,1H3,(H,17,18). The average molecular weight is 285 g/mol. The number of carbonyl (C=O) groups is 2. The molecule has 0 spiro atoms. The van der Waals surface area contributed by atoms with E-state index in [0.29, 0.717) is 23.8 Å². The molecule has 0 saturated carbocycles. The number of likely N-dealkylation sites (tertiary alicyclic amines) is 1. The van der Waals surface area contributed by atoms with Crippen LogP contribution in [0, 0.1) is 5.92 Å². The minimum absolute atomic E-state index is 0.0472. The molecule has 19 heavy (non-hydrogen) atoms. The van der Waals surface area contributed by atoms with E-state index < -0.39 is 5.97 Å². The molecule has 1 fully saturated rings. The Morgan fingerprint density at radius 2 is 2.26 bits per heavy atom. The van der Waals surface area contributed by atoms with Crippen LogP contribution in [0.15, 0.2) is 12.3 Å². The zero-order valence-corrected chi connectivity index (χ0v) is 11.6. The van der Waals surface area contributed by atoms with Gasteiger partial charge < -0.3 is 14.6 Å². The third-order valence-electron chi connectivity index (χ3n) is 3.46. The minimum Gasteiger partial charge on any atom is -0.481 e. The van der Waals surface area contributed by atoms with Gasteiger partial charge in [0.05, 0.1) is 5.02 Å². The van der Waals surface area contributed by atoms with Crippen LogP contribution in [0.3, 0.4) is 0 Å². The van der Waals surface area contributed by atoms with Crippen LogP contribution < -0.4 is 0 Å². The van der Waals surface area contributed by atoms with Crippen molar-refractivity contribution in [2.24, 2.45) is 13.0 Å². The lowest BCUT2D eigenvalue weighted by molar-refractivity contribution is -0.138. The third kappa shape index (κ3) is 3.29. The Labute approximate surface area is 116 Å². The van der Waals surface area contributed by atoms with Crippen LogP contribution in [0.4, 0.5) is 0 Å². The predicted molar refractivity (Wildman–Crippen MR) is 71.3 cm³/mol. The lowest BCUT2D eigenvalue weighted by Gasteiger charge is -2.32. The molecule has 5 nitrogen and oxygen atoms in total. The number of rotatable bonds is 3. The molecule has 1 aromatic heterocycles. The molecule has 1 N–H and O–H groups in total. The molecule has 2 heterocycles. The summed E-state index contributed by atoms with van der Waals surface area (Å²) in [6, 6.07) is 1.64. The van der Waals surface area contributed by atoms with Crippen molar-refractivity contribution in [1.29, 1.82) is 0 Å². The highest BCUT2D eigenvalue weighted by Crippen LogP contribution is 2.22. The van der Waals surface area contributed by atoms with Gasteiger partial charge in [0, 0.05) is 32.8 Å². The smallest absolute Gasteiger partial charge is 0.303 e. The lowest BCUT2D eigenvalue weighted by atomic mass is 9.94. The Morgan fingerprint density at radius 1 is 1.53 bits per heavy atom. The van der Waals surface area contributed by atoms with Gasteiger partial charge in [0.25, 0.3) is 5.91 Å². The number of aliphatic carboxylic acids is 1. The number of carboxylic acid groups (broad SMARTS) is 1. The molecule has 1 unspecified atom stereocenters. The SMILES string of the molecule is Cn1cc(Cl)cc1C(=O)N1CCCC(CC(=O)O)C1. The van der Waals surface area contributed by atoms with Crippen molar-refractivity contribution < 1.29 is 14.7 Å². The third-order valence-corrected chi connectivity index (χ3v) is 3.67. The number of halogens is 1. The summed E-state index contributed by atoms with van der Waals surface area (Å²) in [5.74, 6) is -0.836. The Morgan fingerprint density at radius 3 is 2.84 bits per heavy atom. The van der Waals surface area contributed by atoms with Gasteiger partial charge in [-0.2, -0.15) is 0 Å². The molecular formula is C13H17ClN2O3. The van der Waals surface area contributed by atoms with Gasteiger partial charge in [0.2, 0.25) is 0 Å². The molecule has 104 valence electrons. The van der Waals surface area contributed by atoms with Gasteiger partial charge in [-0.05, 0) is 24.8 Å². The number of carboxylic acids is 1. The van der Waals surface area contributed by atoms with E-state index in [2.05, 4.69) is 0 Å². The molecule has 0 aliphatic carbocycles. The number of carbonyl (C=O) groups excluding carboxylic acids is 1. The second-order valence-corrected chi connectivity index (χ2v) is 5.45. The van der Waals surface area contributed by atoms with Gasteiger partial charge in [-0.25, -0.2) is 0 Å². The Kier molecular flexibility index (Phi) is 4.14. The molecule has 1 aliphatic heterocycles. The largest absolute Gasteiger partial charge is 0.481 e. The molecule has 1 aromatic rings. The fraction of sp³-hybridized carbons (Fsp3) is 0.538. The molecule has 0 bridgehead atoms. The van der Waals surface area contributed by atoms with Crippen molar-refractivity contribution in [3.63, 3.8) is 0 Å². The van der Waals surface area contributed by atoms with Crippen molar-refractivity contribution in [1.82, 2.24) is 9.47 Å². The van der Waals surface area contributed by atoms with Gasteiger partial charge in [0.15, 0.2) is 0 Å². The maximum atomic E-state index is 12.4. The first kappa shape index (κ1) is 13.9. The normalized spacial score (nSPS) is 19.5. The minimum atomic E-state index is -0.804. The van der Waals surface area contributed by atoms with E-state index in [-0.39, 0.29) is 18.2 Å². The Balaban J connectivity index is 2.07. The topological polar surface area (TPSA) is 62.5 Å². The summed E-state index contributed by atoms with van der Waals surface area (Å²) in [7, 11) is 1.78. The molecule has 6 heteroatoms. The van der Waals surface area contributed by atoms with Crippen LogP contribution in [-0.4, -0.2) is 39.5 Å². The van der Waals surface area contributed by atoms with Crippen molar-refractivity contribution in [2.45, 2.75) is 19.3 Å². The van der Waals surface area contributed by atoms with E-state index >= 15 is 0 Å². The summed E-state index contributed by atoms with van der Waals surface area (Å²) in [5.41, 5.74) is 0.543. The second-order valence-electron chi connectivity index (χ2n) is 5.01. The van der Waals surface area contributed by atoms with Crippen LogP contribution in [-0.2, 0) is 11.8 Å². The molecular weight excluding hydrogens is 268 g/mol. The molecule has 1 aliphatic rings. The second kappa shape index (κ2) is 5.65. The summed E-state index contributed by atoms with van der Waals surface area (Å²) in [4.78, 5) is 24.8. The van der Waals surface area contributed by atoms with E-state index in [0.717, 1.165) is 12.8 Å². The van der Waals surface area contributed by atoms with Crippen LogP contribution in [0.1, 0.15) is 29.8 Å². The fourth-order valence-corrected chi connectivity index (χ4v) is 2.81. The highest BCUT2D eigenvalue weighted by molar-refractivity contribution is 6.31. The maximum absolute atomic E-state index is 12.4. The molecule has 1 saturated heterocycles. The van der Waals surface area contributed by atoms with Gasteiger partial charge in [-0.3, -0.25) is 9.59 Å². The summed E-state index contributed by atoms with van der Waals surface area (Å²) < 4.78 is 1.70. The summed E-state index contributed by atoms with van der Waals surface area (Å²) in [6.45, 7) is 1.19. The van der Waals surface area contributed by atoms with Crippen molar-refractivity contribution in [3.05, 3.63) is 23.0 Å². The summed E-state index contributed by atoms with van der Waals surface area (Å²) in [6.07, 6.45) is 3.52. The van der Waals surface area contributed by atoms with Gasteiger partial charge in [0.1, 0.15) is 5.69 Å². The number of hydrogen-bond acceptors (Lipinski definition) is 2. The van der Waals surface area contributed by atoms with Gasteiger partial charge in [-0.1, -0.05) is 11.6 Å². The number of hydrogen-bond donors (Lipinski definition) is 1. The monoisotopic (exact) mass is 284 g/mol. The summed E-state index contributed by atoms with van der Waals surface area (Å²) in [5, 5.41) is 9.36. The maximum Gasteiger partial charge on any atom is 0.303 e. The van der Waals surface area contributed by atoms with Gasteiger partial charge >= 0.3 is 5.97 Å². The van der Waals surface area contributed by atoms with E-state index in [1.165, 1.54) is 0 Å². The lowest BCUT2D eigenvalue weighted by Crippen LogP contribution is -2.41. The number of nitrogens with zero attached hydrogens (tertiary/aromatic N) is 2. The first-order chi connectivity index (χ1) is 8.97. The van der Waals surface area contributed by atoms with Gasteiger partial charge in [-0.15, -0.1) is 0 Å². The number of amides is 1. The van der Waals surface area contributed by atoms with E-state index in [4.69, 9.17) is 16.7 Å². The molecule has 1 amide bonds. The van der Waals surface area contributed by atoms with E-state index in [1.807, 2.05) is 0 Å². The quantitative estimate of drug-likeness (QED) is 0.923. The van der Waals surface area contributed by atoms with Crippen molar-refractivity contribution >= 4 is 23.5 Å². The molecule has 0 radical (unpaired) electrons. The first-order valence-corrected chi connectivity index (χ1v) is 6.68. The zero-order chi connectivity index (χ0) is 14.0. The number of aryl methyl sites for hydroxylation is 1. The highest BCUT2D eigenvalue weighted by atomic mass is 35.5. The first-order valence-electron chi connectivity index (χ1n) is 6.30. The van der Waals surface area contributed by atoms with Crippen LogP contribution in [0.2, 0.25) is 5.02 Å². The van der Waals surface area contributed by atoms with Crippen LogP contribution >= 0.6 is 11.6 Å². The van der Waals surface area contributed by atoms with Crippen molar-refractivity contribution in [2.75, 3.05) is 13.1 Å². The predicted octanol–water partition coefficient (Wildman–Crippen LogP) is 2.01. The van der Waals surface area contributed by atoms with Crippen LogP contribution in [0.5, 0.6) is 0 Å². The molecule has 1 atom stereocenters. The fourth-order valence-electron chi connectivity index (χ4n) is 2.56. The number of aromatic nitrogens is 1. The Hall–Kier alpha value is -1.49. The summed E-state index contributed by atoms with van der Waals surface area (Å²) >= 11 is 5.88. The zero-order valence-electron chi connectivity index (χ0n) is 10.8. The molecule has 0 aromatic carbocycles. The van der Waals surface area contributed by atoms with E-state index in [9.17, 15) is 9.59 Å². The van der Waals surface area contributed by atoms with E-state index in [1.54, 1.807) is 28.8 Å².